The molecule has 0 aromatic rings. The van der Waals surface area contributed by atoms with Gasteiger partial charge in [-0.05, 0) is 25.7 Å². The van der Waals surface area contributed by atoms with Crippen molar-refractivity contribution in [2.24, 2.45) is 0 Å². The van der Waals surface area contributed by atoms with E-state index in [-0.39, 0.29) is 6.10 Å². The number of rotatable bonds is 2. The molecule has 2 nitrogen and oxygen atoms in total. The van der Waals surface area contributed by atoms with Gasteiger partial charge in [-0.2, -0.15) is 0 Å². The van der Waals surface area contributed by atoms with E-state index in [2.05, 4.69) is 19.2 Å². The summed E-state index contributed by atoms with van der Waals surface area (Å²) in [7, 11) is 0. The van der Waals surface area contributed by atoms with Crippen molar-refractivity contribution in [3.8, 4) is 0 Å². The van der Waals surface area contributed by atoms with E-state index in [1.807, 2.05) is 0 Å². The van der Waals surface area contributed by atoms with Crippen LogP contribution in [0.3, 0.4) is 0 Å². The molecule has 1 heterocycles. The van der Waals surface area contributed by atoms with Crippen molar-refractivity contribution in [2.75, 3.05) is 0 Å². The van der Waals surface area contributed by atoms with Crippen LogP contribution in [0.1, 0.15) is 39.5 Å². The number of aliphatic hydroxyl groups is 1. The van der Waals surface area contributed by atoms with Gasteiger partial charge in [0.25, 0.3) is 0 Å². The summed E-state index contributed by atoms with van der Waals surface area (Å²) < 4.78 is 0. The quantitative estimate of drug-likeness (QED) is 0.633. The van der Waals surface area contributed by atoms with Gasteiger partial charge in [0.1, 0.15) is 0 Å². The molecule has 1 aliphatic rings. The van der Waals surface area contributed by atoms with Gasteiger partial charge in [-0.25, -0.2) is 0 Å². The Labute approximate surface area is 69.0 Å². The van der Waals surface area contributed by atoms with Crippen LogP contribution in [0.5, 0.6) is 0 Å². The van der Waals surface area contributed by atoms with Gasteiger partial charge in [0.15, 0.2) is 0 Å². The first kappa shape index (κ1) is 9.01. The highest BCUT2D eigenvalue weighted by Crippen LogP contribution is 2.17. The second kappa shape index (κ2) is 4.07. The maximum Gasteiger partial charge on any atom is 0.0569 e. The molecule has 0 amide bonds. The molecule has 0 aliphatic carbocycles. The molecule has 1 fully saturated rings. The zero-order chi connectivity index (χ0) is 8.27. The molecule has 2 atom stereocenters. The molecule has 11 heavy (non-hydrogen) atoms. The zero-order valence-electron chi connectivity index (χ0n) is 7.51. The fourth-order valence-corrected chi connectivity index (χ4v) is 1.79. The van der Waals surface area contributed by atoms with Crippen LogP contribution in [0.25, 0.3) is 0 Å². The number of piperidine rings is 1. The molecule has 2 heteroatoms. The lowest BCUT2D eigenvalue weighted by molar-refractivity contribution is 0.0914. The van der Waals surface area contributed by atoms with Gasteiger partial charge in [-0.1, -0.05) is 13.8 Å². The molecule has 0 saturated carbocycles. The number of nitrogens with one attached hydrogen (secondary N) is 1. The van der Waals surface area contributed by atoms with Crippen LogP contribution in [0, 0.1) is 0 Å². The lowest BCUT2D eigenvalue weighted by Crippen LogP contribution is -2.46. The fourth-order valence-electron chi connectivity index (χ4n) is 1.79. The first-order valence-electron chi connectivity index (χ1n) is 4.70. The Hall–Kier alpha value is -0.0800. The van der Waals surface area contributed by atoms with Crippen LogP contribution < -0.4 is 5.32 Å². The largest absolute Gasteiger partial charge is 0.393 e. The smallest absolute Gasteiger partial charge is 0.0569 e. The summed E-state index contributed by atoms with van der Waals surface area (Å²) in [6.07, 6.45) is 4.08. The average Bonchev–Trinajstić information content (AvgIpc) is 2.03. The summed E-state index contributed by atoms with van der Waals surface area (Å²) >= 11 is 0. The van der Waals surface area contributed by atoms with Gasteiger partial charge in [0, 0.05) is 12.1 Å². The standard InChI is InChI=1S/C9H19NO/c1-3-7-5-9(11)6-8(4-2)10-7/h7-11H,3-6H2,1-2H3. The summed E-state index contributed by atoms with van der Waals surface area (Å²) in [5.41, 5.74) is 0. The van der Waals surface area contributed by atoms with E-state index in [1.54, 1.807) is 0 Å². The molecule has 1 rings (SSSR count). The number of hydrogen-bond acceptors (Lipinski definition) is 2. The van der Waals surface area contributed by atoms with Gasteiger partial charge in [-0.15, -0.1) is 0 Å². The molecular weight excluding hydrogens is 138 g/mol. The van der Waals surface area contributed by atoms with E-state index in [0.29, 0.717) is 12.1 Å². The van der Waals surface area contributed by atoms with Crippen LogP contribution >= 0.6 is 0 Å². The normalized spacial score (nSPS) is 39.0. The van der Waals surface area contributed by atoms with Crippen molar-refractivity contribution >= 4 is 0 Å². The third-order valence-corrected chi connectivity index (χ3v) is 2.57. The molecule has 1 aliphatic heterocycles. The maximum absolute atomic E-state index is 9.47. The third kappa shape index (κ3) is 2.46. The Morgan fingerprint density at radius 3 is 2.00 bits per heavy atom. The van der Waals surface area contributed by atoms with Crippen molar-refractivity contribution in [1.29, 1.82) is 0 Å². The molecular formula is C9H19NO. The van der Waals surface area contributed by atoms with Crippen molar-refractivity contribution in [1.82, 2.24) is 5.32 Å². The summed E-state index contributed by atoms with van der Waals surface area (Å²) in [4.78, 5) is 0. The Bertz CT molecular complexity index is 104. The van der Waals surface area contributed by atoms with Crippen molar-refractivity contribution in [3.05, 3.63) is 0 Å². The number of hydrogen-bond donors (Lipinski definition) is 2. The summed E-state index contributed by atoms with van der Waals surface area (Å²) in [5.74, 6) is 0. The Morgan fingerprint density at radius 1 is 1.18 bits per heavy atom. The van der Waals surface area contributed by atoms with Gasteiger partial charge < -0.3 is 10.4 Å². The number of aliphatic hydroxyl groups excluding tert-OH is 1. The summed E-state index contributed by atoms with van der Waals surface area (Å²) in [6, 6.07) is 1.09. The van der Waals surface area contributed by atoms with Crippen molar-refractivity contribution < 1.29 is 5.11 Å². The van der Waals surface area contributed by atoms with E-state index in [0.717, 1.165) is 25.7 Å². The third-order valence-electron chi connectivity index (χ3n) is 2.57. The first-order valence-corrected chi connectivity index (χ1v) is 4.70. The molecule has 0 bridgehead atoms. The molecule has 0 aromatic carbocycles. The van der Waals surface area contributed by atoms with Crippen LogP contribution in [0.2, 0.25) is 0 Å². The van der Waals surface area contributed by atoms with E-state index in [9.17, 15) is 5.11 Å². The topological polar surface area (TPSA) is 32.3 Å². The highest BCUT2D eigenvalue weighted by Gasteiger charge is 2.24. The molecule has 66 valence electrons. The molecule has 0 spiro atoms. The minimum atomic E-state index is -0.0638. The highest BCUT2D eigenvalue weighted by molar-refractivity contribution is 4.83. The maximum atomic E-state index is 9.47. The van der Waals surface area contributed by atoms with Gasteiger partial charge in [-0.3, -0.25) is 0 Å². The van der Waals surface area contributed by atoms with Crippen molar-refractivity contribution in [2.45, 2.75) is 57.7 Å². The van der Waals surface area contributed by atoms with E-state index < -0.39 is 0 Å². The predicted octanol–water partition coefficient (Wildman–Crippen LogP) is 1.29. The summed E-state index contributed by atoms with van der Waals surface area (Å²) in [6.45, 7) is 4.34. The van der Waals surface area contributed by atoms with E-state index in [1.165, 1.54) is 0 Å². The molecule has 2 N–H and O–H groups in total. The second-order valence-corrected chi connectivity index (χ2v) is 3.50. The highest BCUT2D eigenvalue weighted by atomic mass is 16.3. The molecule has 2 unspecified atom stereocenters. The molecule has 0 aromatic heterocycles. The van der Waals surface area contributed by atoms with Crippen LogP contribution in [-0.2, 0) is 0 Å². The lowest BCUT2D eigenvalue weighted by atomic mass is 9.93. The lowest BCUT2D eigenvalue weighted by Gasteiger charge is -2.33. The van der Waals surface area contributed by atoms with E-state index >= 15 is 0 Å². The van der Waals surface area contributed by atoms with Gasteiger partial charge in [0.2, 0.25) is 0 Å². The Balaban J connectivity index is 2.37. The van der Waals surface area contributed by atoms with E-state index in [4.69, 9.17) is 0 Å². The SMILES string of the molecule is CCC1CC(O)CC(CC)N1. The van der Waals surface area contributed by atoms with Crippen molar-refractivity contribution in [3.63, 3.8) is 0 Å². The fraction of sp³-hybridized carbons (Fsp3) is 1.00. The monoisotopic (exact) mass is 157 g/mol. The van der Waals surface area contributed by atoms with Crippen LogP contribution in [0.4, 0.5) is 0 Å². The van der Waals surface area contributed by atoms with Gasteiger partial charge in [0.05, 0.1) is 6.10 Å². The Kier molecular flexibility index (Phi) is 3.34. The van der Waals surface area contributed by atoms with Crippen LogP contribution in [0.15, 0.2) is 0 Å². The van der Waals surface area contributed by atoms with Gasteiger partial charge >= 0.3 is 0 Å². The second-order valence-electron chi connectivity index (χ2n) is 3.50. The first-order chi connectivity index (χ1) is 5.26. The zero-order valence-corrected chi connectivity index (χ0v) is 7.51. The average molecular weight is 157 g/mol. The Morgan fingerprint density at radius 2 is 1.64 bits per heavy atom. The predicted molar refractivity (Wildman–Crippen MR) is 46.5 cm³/mol. The molecule has 0 radical (unpaired) electrons. The minimum absolute atomic E-state index is 0.0638. The molecule has 1 saturated heterocycles. The minimum Gasteiger partial charge on any atom is -0.393 e. The van der Waals surface area contributed by atoms with Crippen LogP contribution in [-0.4, -0.2) is 23.3 Å². The summed E-state index contributed by atoms with van der Waals surface area (Å²) in [5, 5.41) is 13.0.